The highest BCUT2D eigenvalue weighted by atomic mass is 79.9. The lowest BCUT2D eigenvalue weighted by Crippen LogP contribution is -2.41. The van der Waals surface area contributed by atoms with Crippen molar-refractivity contribution in [2.45, 2.75) is 18.6 Å². The van der Waals surface area contributed by atoms with Gasteiger partial charge in [0, 0.05) is 15.6 Å². The molecule has 0 bridgehead atoms. The Balaban J connectivity index is 1.52. The molecule has 0 radical (unpaired) electrons. The number of hydrogen-bond donors (Lipinski definition) is 1. The molecule has 1 aliphatic rings. The predicted molar refractivity (Wildman–Crippen MR) is 129 cm³/mol. The zero-order valence-corrected chi connectivity index (χ0v) is 18.7. The van der Waals surface area contributed by atoms with E-state index >= 15 is 0 Å². The lowest BCUT2D eigenvalue weighted by Gasteiger charge is -2.23. The number of halogens is 1. The van der Waals surface area contributed by atoms with E-state index in [2.05, 4.69) is 15.9 Å². The van der Waals surface area contributed by atoms with Crippen LogP contribution in [0.25, 0.3) is 10.8 Å². The smallest absolute Gasteiger partial charge is 0.264 e. The van der Waals surface area contributed by atoms with Gasteiger partial charge in [0.2, 0.25) is 0 Å². The van der Waals surface area contributed by atoms with E-state index in [-0.39, 0.29) is 12.2 Å². The van der Waals surface area contributed by atoms with Crippen LogP contribution in [0.3, 0.4) is 0 Å². The number of Topliss-reactive ketones (excluding diaryl/α,β-unsaturated/α-hetero) is 1. The van der Waals surface area contributed by atoms with Crippen LogP contribution < -0.4 is 4.90 Å². The van der Waals surface area contributed by atoms with E-state index in [1.54, 1.807) is 35.2 Å². The Morgan fingerprint density at radius 1 is 0.906 bits per heavy atom. The van der Waals surface area contributed by atoms with Gasteiger partial charge in [-0.1, -0.05) is 88.7 Å². The van der Waals surface area contributed by atoms with Gasteiger partial charge in [0.1, 0.15) is 0 Å². The van der Waals surface area contributed by atoms with Crippen molar-refractivity contribution >= 4 is 44.1 Å². The Labute approximate surface area is 194 Å². The number of carbonyl (C=O) groups is 2. The molecule has 5 heteroatoms. The van der Waals surface area contributed by atoms with Crippen LogP contribution >= 0.6 is 15.9 Å². The Bertz CT molecular complexity index is 1360. The molecule has 158 valence electrons. The molecule has 1 atom stereocenters. The van der Waals surface area contributed by atoms with Crippen LogP contribution in [0.1, 0.15) is 27.9 Å². The van der Waals surface area contributed by atoms with E-state index in [1.807, 2.05) is 60.7 Å². The summed E-state index contributed by atoms with van der Waals surface area (Å²) in [5.74, 6) is -0.765. The third-order valence-corrected chi connectivity index (χ3v) is 6.50. The molecular formula is C27H20BrNO3. The fourth-order valence-corrected chi connectivity index (χ4v) is 4.83. The number of benzene rings is 4. The predicted octanol–water partition coefficient (Wildman–Crippen LogP) is 5.61. The maximum absolute atomic E-state index is 13.6. The molecule has 1 aliphatic heterocycles. The molecule has 1 heterocycles. The highest BCUT2D eigenvalue weighted by molar-refractivity contribution is 9.10. The zero-order valence-electron chi connectivity index (χ0n) is 17.2. The van der Waals surface area contributed by atoms with Crippen LogP contribution in [-0.4, -0.2) is 16.8 Å². The van der Waals surface area contributed by atoms with Gasteiger partial charge in [0.15, 0.2) is 11.4 Å². The van der Waals surface area contributed by atoms with E-state index < -0.39 is 11.5 Å². The molecule has 4 aromatic carbocycles. The lowest BCUT2D eigenvalue weighted by atomic mass is 9.88. The van der Waals surface area contributed by atoms with E-state index in [9.17, 15) is 14.7 Å². The summed E-state index contributed by atoms with van der Waals surface area (Å²) in [7, 11) is 0. The first-order valence-electron chi connectivity index (χ1n) is 10.4. The lowest BCUT2D eigenvalue weighted by molar-refractivity contribution is -0.136. The topological polar surface area (TPSA) is 57.6 Å². The summed E-state index contributed by atoms with van der Waals surface area (Å²) in [6.07, 6.45) is -0.314. The molecule has 1 amide bonds. The molecule has 1 unspecified atom stereocenters. The first-order chi connectivity index (χ1) is 15.5. The van der Waals surface area contributed by atoms with Crippen LogP contribution in [-0.2, 0) is 16.9 Å². The first-order valence-corrected chi connectivity index (χ1v) is 11.2. The number of para-hydroxylation sites is 1. The van der Waals surface area contributed by atoms with Crippen LogP contribution in [0.5, 0.6) is 0 Å². The SMILES string of the molecule is O=C(CC1(O)C(=O)N(Cc2cccc3ccccc23)c2ccccc21)c1cccc(Br)c1. The molecule has 4 aromatic rings. The van der Waals surface area contributed by atoms with Crippen molar-refractivity contribution in [1.29, 1.82) is 0 Å². The number of hydrogen-bond acceptors (Lipinski definition) is 3. The van der Waals surface area contributed by atoms with Gasteiger partial charge in [-0.3, -0.25) is 9.59 Å². The van der Waals surface area contributed by atoms with Gasteiger partial charge in [-0.2, -0.15) is 0 Å². The van der Waals surface area contributed by atoms with Crippen molar-refractivity contribution in [2.75, 3.05) is 4.90 Å². The van der Waals surface area contributed by atoms with Gasteiger partial charge in [-0.25, -0.2) is 0 Å². The summed E-state index contributed by atoms with van der Waals surface area (Å²) in [5, 5.41) is 13.7. The van der Waals surface area contributed by atoms with Crippen molar-refractivity contribution in [3.8, 4) is 0 Å². The van der Waals surface area contributed by atoms with Gasteiger partial charge in [-0.15, -0.1) is 0 Å². The minimum absolute atomic E-state index is 0.288. The third kappa shape index (κ3) is 3.44. The van der Waals surface area contributed by atoms with Gasteiger partial charge in [0.25, 0.3) is 5.91 Å². The summed E-state index contributed by atoms with van der Waals surface area (Å²) in [5.41, 5.74) is 0.628. The Hall–Kier alpha value is -3.28. The number of fused-ring (bicyclic) bond motifs is 2. The van der Waals surface area contributed by atoms with Crippen molar-refractivity contribution in [1.82, 2.24) is 0 Å². The number of anilines is 1. The van der Waals surface area contributed by atoms with Crippen molar-refractivity contribution in [3.63, 3.8) is 0 Å². The molecule has 5 rings (SSSR count). The summed E-state index contributed by atoms with van der Waals surface area (Å²) >= 11 is 3.37. The average molecular weight is 486 g/mol. The molecule has 32 heavy (non-hydrogen) atoms. The Morgan fingerprint density at radius 3 is 2.47 bits per heavy atom. The number of ketones is 1. The number of nitrogens with zero attached hydrogens (tertiary/aromatic N) is 1. The third-order valence-electron chi connectivity index (χ3n) is 6.01. The van der Waals surface area contributed by atoms with E-state index in [1.165, 1.54) is 0 Å². The summed E-state index contributed by atoms with van der Waals surface area (Å²) in [4.78, 5) is 28.2. The second-order valence-electron chi connectivity index (χ2n) is 8.02. The quantitative estimate of drug-likeness (QED) is 0.373. The molecule has 0 saturated heterocycles. The van der Waals surface area contributed by atoms with Gasteiger partial charge >= 0.3 is 0 Å². The average Bonchev–Trinajstić information content (AvgIpc) is 3.01. The fraction of sp³-hybridized carbons (Fsp3) is 0.111. The minimum atomic E-state index is -1.90. The minimum Gasteiger partial charge on any atom is -0.375 e. The fourth-order valence-electron chi connectivity index (χ4n) is 4.43. The Morgan fingerprint density at radius 2 is 1.62 bits per heavy atom. The maximum atomic E-state index is 13.6. The van der Waals surface area contributed by atoms with Gasteiger partial charge in [-0.05, 0) is 34.5 Å². The summed E-state index contributed by atoms with van der Waals surface area (Å²) in [6.45, 7) is 0.310. The maximum Gasteiger partial charge on any atom is 0.264 e. The van der Waals surface area contributed by atoms with E-state index in [4.69, 9.17) is 0 Å². The highest BCUT2D eigenvalue weighted by Crippen LogP contribution is 2.44. The standard InChI is InChI=1S/C27H20BrNO3/c28-21-11-6-9-19(15-21)25(30)16-27(32)23-13-3-4-14-24(23)29(26(27)31)17-20-10-5-8-18-7-1-2-12-22(18)20/h1-15,32H,16-17H2. The van der Waals surface area contributed by atoms with Crippen molar-refractivity contribution in [3.05, 3.63) is 112 Å². The molecular weight excluding hydrogens is 466 g/mol. The molecule has 0 saturated carbocycles. The second kappa shape index (κ2) is 8.01. The van der Waals surface area contributed by atoms with Crippen LogP contribution in [0, 0.1) is 0 Å². The normalized spacial score (nSPS) is 17.6. The van der Waals surface area contributed by atoms with Crippen LogP contribution in [0.4, 0.5) is 5.69 Å². The van der Waals surface area contributed by atoms with Crippen molar-refractivity contribution in [2.24, 2.45) is 0 Å². The molecule has 0 fully saturated rings. The summed E-state index contributed by atoms with van der Waals surface area (Å²) < 4.78 is 0.770. The zero-order chi connectivity index (χ0) is 22.3. The molecule has 0 aromatic heterocycles. The van der Waals surface area contributed by atoms with Gasteiger partial charge in [0.05, 0.1) is 18.7 Å². The largest absolute Gasteiger partial charge is 0.375 e. The molecule has 1 N–H and O–H groups in total. The van der Waals surface area contributed by atoms with Crippen LogP contribution in [0.2, 0.25) is 0 Å². The van der Waals surface area contributed by atoms with Crippen LogP contribution in [0.15, 0.2) is 95.5 Å². The van der Waals surface area contributed by atoms with E-state index in [0.717, 1.165) is 20.8 Å². The number of rotatable bonds is 5. The first kappa shape index (κ1) is 20.6. The molecule has 4 nitrogen and oxygen atoms in total. The second-order valence-corrected chi connectivity index (χ2v) is 8.93. The number of aliphatic hydroxyl groups is 1. The summed E-state index contributed by atoms with van der Waals surface area (Å²) in [6, 6.07) is 28.1. The van der Waals surface area contributed by atoms with Gasteiger partial charge < -0.3 is 10.0 Å². The molecule has 0 spiro atoms. The number of carbonyl (C=O) groups excluding carboxylic acids is 2. The van der Waals surface area contributed by atoms with Crippen molar-refractivity contribution < 1.29 is 14.7 Å². The number of amides is 1. The molecule has 0 aliphatic carbocycles. The highest BCUT2D eigenvalue weighted by Gasteiger charge is 2.50. The monoisotopic (exact) mass is 485 g/mol. The Kier molecular flexibility index (Phi) is 5.16. The van der Waals surface area contributed by atoms with E-state index in [0.29, 0.717) is 23.4 Å².